The van der Waals surface area contributed by atoms with E-state index < -0.39 is 0 Å². The minimum Gasteiger partial charge on any atom is -0.454 e. The Bertz CT molecular complexity index is 3370. The molecule has 6 heteroatoms. The van der Waals surface area contributed by atoms with Crippen molar-refractivity contribution in [1.82, 2.24) is 19.9 Å². The van der Waals surface area contributed by atoms with Crippen LogP contribution in [0.5, 0.6) is 0 Å². The molecule has 0 saturated carbocycles. The first-order valence-corrected chi connectivity index (χ1v) is 20.6. The molecule has 12 rings (SSSR count). The van der Waals surface area contributed by atoms with Crippen LogP contribution in [-0.2, 0) is 0 Å². The van der Waals surface area contributed by atoms with E-state index in [9.17, 15) is 0 Å². The first kappa shape index (κ1) is 35.5. The predicted octanol–water partition coefficient (Wildman–Crippen LogP) is 14.7. The topological polar surface area (TPSA) is 77.8 Å². The molecule has 0 spiro atoms. The summed E-state index contributed by atoms with van der Waals surface area (Å²) in [4.78, 5) is 18.7. The Hall–Kier alpha value is -8.48. The summed E-state index contributed by atoms with van der Waals surface area (Å²) in [6.45, 7) is 0. The number of furan rings is 2. The van der Waals surface area contributed by atoms with Crippen molar-refractivity contribution in [1.29, 1.82) is 0 Å². The molecule has 0 radical (unpaired) electrons. The van der Waals surface area contributed by atoms with Crippen molar-refractivity contribution in [2.75, 3.05) is 0 Å². The Kier molecular flexibility index (Phi) is 8.38. The number of hydrogen-bond donors (Lipinski definition) is 0. The van der Waals surface area contributed by atoms with Gasteiger partial charge in [-0.25, -0.2) is 0 Å². The zero-order valence-corrected chi connectivity index (χ0v) is 33.2. The fourth-order valence-electron chi connectivity index (χ4n) is 8.60. The molecule has 6 heterocycles. The van der Waals surface area contributed by atoms with Crippen molar-refractivity contribution in [3.05, 3.63) is 207 Å². The van der Waals surface area contributed by atoms with E-state index in [4.69, 9.17) is 18.8 Å². The van der Waals surface area contributed by atoms with E-state index in [0.29, 0.717) is 0 Å². The maximum Gasteiger partial charge on any atom is 0.161 e. The van der Waals surface area contributed by atoms with Crippen LogP contribution in [0.2, 0.25) is 0 Å². The third-order valence-electron chi connectivity index (χ3n) is 11.7. The van der Waals surface area contributed by atoms with Gasteiger partial charge in [0, 0.05) is 57.8 Å². The molecule has 12 aromatic rings. The van der Waals surface area contributed by atoms with Crippen LogP contribution in [0.4, 0.5) is 0 Å². The number of aromatic nitrogens is 4. The molecule has 62 heavy (non-hydrogen) atoms. The number of pyridine rings is 4. The minimum absolute atomic E-state index is 0.777. The molecule has 6 aromatic heterocycles. The summed E-state index contributed by atoms with van der Waals surface area (Å²) in [6.07, 6.45) is 7.38. The Morgan fingerprint density at radius 2 is 0.677 bits per heavy atom. The molecule has 0 N–H and O–H groups in total. The van der Waals surface area contributed by atoms with Crippen molar-refractivity contribution >= 4 is 44.1 Å². The number of rotatable bonds is 7. The summed E-state index contributed by atoms with van der Waals surface area (Å²) < 4.78 is 13.0. The van der Waals surface area contributed by atoms with Crippen molar-refractivity contribution in [2.45, 2.75) is 0 Å². The average Bonchev–Trinajstić information content (AvgIpc) is 3.93. The fraction of sp³-hybridized carbons (Fsp3) is 0. The third-order valence-corrected chi connectivity index (χ3v) is 11.7. The molecule has 290 valence electrons. The van der Waals surface area contributed by atoms with Gasteiger partial charge in [-0.1, -0.05) is 109 Å². The summed E-state index contributed by atoms with van der Waals surface area (Å²) in [5.41, 5.74) is 19.7. The highest BCUT2D eigenvalue weighted by Crippen LogP contribution is 2.40. The SMILES string of the molecule is c1ccc(-c2cccc(-c3ccc4oc5c(-c6ccc(-c7ccc(-c8ccnc9c8oc8ccc(-c%10cccc(-c%11ccccn%11)c%10)cc89)cc7)cc6)ccnc5c4c3)c2)nc1. The van der Waals surface area contributed by atoms with Gasteiger partial charge in [-0.3, -0.25) is 19.9 Å². The molecule has 0 unspecified atom stereocenters. The van der Waals surface area contributed by atoms with Gasteiger partial charge in [0.15, 0.2) is 11.2 Å². The molecule has 0 atom stereocenters. The van der Waals surface area contributed by atoms with Gasteiger partial charge in [0.2, 0.25) is 0 Å². The first-order chi connectivity index (χ1) is 30.7. The van der Waals surface area contributed by atoms with Crippen molar-refractivity contribution in [2.24, 2.45) is 0 Å². The Morgan fingerprint density at radius 1 is 0.274 bits per heavy atom. The maximum atomic E-state index is 6.50. The molecule has 6 aromatic carbocycles. The molecule has 0 saturated heterocycles. The van der Waals surface area contributed by atoms with Crippen LogP contribution in [-0.4, -0.2) is 19.9 Å². The van der Waals surface area contributed by atoms with Gasteiger partial charge < -0.3 is 8.83 Å². The van der Waals surface area contributed by atoms with Gasteiger partial charge in [0.05, 0.1) is 11.4 Å². The van der Waals surface area contributed by atoms with E-state index in [2.05, 4.69) is 131 Å². The molecular formula is C56H34N4O2. The van der Waals surface area contributed by atoms with Crippen LogP contribution >= 0.6 is 0 Å². The highest BCUT2D eigenvalue weighted by molar-refractivity contribution is 6.09. The molecule has 0 aliphatic rings. The van der Waals surface area contributed by atoms with Crippen LogP contribution in [0.1, 0.15) is 0 Å². The van der Waals surface area contributed by atoms with E-state index >= 15 is 0 Å². The lowest BCUT2D eigenvalue weighted by Gasteiger charge is -2.07. The fourth-order valence-corrected chi connectivity index (χ4v) is 8.60. The van der Waals surface area contributed by atoms with Crippen molar-refractivity contribution in [3.8, 4) is 78.1 Å². The minimum atomic E-state index is 0.777. The predicted molar refractivity (Wildman–Crippen MR) is 250 cm³/mol. The highest BCUT2D eigenvalue weighted by Gasteiger charge is 2.17. The standard InChI is InChI=1S/C56H34N4O2/c1-3-27-57-49(11-1)43-9-5-7-39(31-43)41-21-23-51-47(33-41)53-55(61-51)45(25-29-59-53)37-17-13-35(14-18-37)36-15-19-38(20-16-36)46-26-30-60-54-48-34-42(22-24-52(48)62-56(46)54)40-8-6-10-44(32-40)50-12-2-4-28-58-50/h1-34H. The second-order valence-corrected chi connectivity index (χ2v) is 15.4. The zero-order valence-electron chi connectivity index (χ0n) is 33.2. The van der Waals surface area contributed by atoms with Gasteiger partial charge in [-0.15, -0.1) is 0 Å². The molecular weight excluding hydrogens is 761 g/mol. The number of nitrogens with zero attached hydrogens (tertiary/aromatic N) is 4. The number of benzene rings is 6. The quantitative estimate of drug-likeness (QED) is 0.160. The molecule has 0 aliphatic heterocycles. The van der Waals surface area contributed by atoms with E-state index in [-0.39, 0.29) is 0 Å². The molecule has 6 nitrogen and oxygen atoms in total. The summed E-state index contributed by atoms with van der Waals surface area (Å²) in [5, 5.41) is 1.97. The number of fused-ring (bicyclic) bond motifs is 6. The lowest BCUT2D eigenvalue weighted by atomic mass is 9.97. The summed E-state index contributed by atoms with van der Waals surface area (Å²) in [7, 11) is 0. The van der Waals surface area contributed by atoms with Crippen molar-refractivity contribution in [3.63, 3.8) is 0 Å². The highest BCUT2D eigenvalue weighted by atomic mass is 16.3. The second-order valence-electron chi connectivity index (χ2n) is 15.4. The van der Waals surface area contributed by atoms with E-state index in [1.807, 2.05) is 85.5 Å². The average molecular weight is 795 g/mol. The summed E-state index contributed by atoms with van der Waals surface area (Å²) in [5.74, 6) is 0. The normalized spacial score (nSPS) is 11.5. The van der Waals surface area contributed by atoms with Gasteiger partial charge in [-0.05, 0) is 117 Å². The van der Waals surface area contributed by atoms with Crippen LogP contribution in [0.15, 0.2) is 216 Å². The van der Waals surface area contributed by atoms with Crippen LogP contribution in [0.3, 0.4) is 0 Å². The lowest BCUT2D eigenvalue weighted by molar-refractivity contribution is 0.669. The monoisotopic (exact) mass is 794 g/mol. The lowest BCUT2D eigenvalue weighted by Crippen LogP contribution is -1.85. The van der Waals surface area contributed by atoms with E-state index in [1.54, 1.807) is 0 Å². The largest absolute Gasteiger partial charge is 0.454 e. The van der Waals surface area contributed by atoms with Gasteiger partial charge in [0.25, 0.3) is 0 Å². The Balaban J connectivity index is 0.819. The molecule has 0 bridgehead atoms. The maximum absolute atomic E-state index is 6.50. The van der Waals surface area contributed by atoms with Crippen molar-refractivity contribution < 1.29 is 8.83 Å². The van der Waals surface area contributed by atoms with Gasteiger partial charge in [-0.2, -0.15) is 0 Å². The smallest absolute Gasteiger partial charge is 0.161 e. The van der Waals surface area contributed by atoms with Crippen LogP contribution < -0.4 is 0 Å². The molecule has 0 fully saturated rings. The summed E-state index contributed by atoms with van der Waals surface area (Å²) in [6, 6.07) is 62.9. The molecule has 0 amide bonds. The second kappa shape index (κ2) is 14.7. The Morgan fingerprint density at radius 3 is 1.11 bits per heavy atom. The van der Waals surface area contributed by atoms with E-state index in [0.717, 1.165) is 122 Å². The third kappa shape index (κ3) is 6.21. The van der Waals surface area contributed by atoms with Gasteiger partial charge in [0.1, 0.15) is 22.2 Å². The number of hydrogen-bond acceptors (Lipinski definition) is 6. The van der Waals surface area contributed by atoms with Gasteiger partial charge >= 0.3 is 0 Å². The zero-order chi connectivity index (χ0) is 41.0. The molecule has 0 aliphatic carbocycles. The first-order valence-electron chi connectivity index (χ1n) is 20.6. The van der Waals surface area contributed by atoms with Crippen LogP contribution in [0.25, 0.3) is 122 Å². The summed E-state index contributed by atoms with van der Waals surface area (Å²) >= 11 is 0. The Labute approximate surface area is 356 Å². The van der Waals surface area contributed by atoms with E-state index in [1.165, 1.54) is 0 Å². The van der Waals surface area contributed by atoms with Crippen LogP contribution in [0, 0.1) is 0 Å².